The lowest BCUT2D eigenvalue weighted by Crippen LogP contribution is -2.44. The second-order valence-electron chi connectivity index (χ2n) is 7.85. The lowest BCUT2D eigenvalue weighted by Gasteiger charge is -2.35. The highest BCUT2D eigenvalue weighted by Crippen LogP contribution is 2.34. The van der Waals surface area contributed by atoms with E-state index in [1.54, 1.807) is 17.7 Å². The third-order valence-electron chi connectivity index (χ3n) is 6.04. The predicted octanol–water partition coefficient (Wildman–Crippen LogP) is 3.70. The fourth-order valence-electron chi connectivity index (χ4n) is 4.58. The Morgan fingerprint density at radius 1 is 1.21 bits per heavy atom. The van der Waals surface area contributed by atoms with Crippen molar-refractivity contribution in [1.29, 1.82) is 0 Å². The zero-order valence-electron chi connectivity index (χ0n) is 16.0. The SMILES string of the molecule is CC1CCc2ccccc2N1C(=O)Cn1cnc2sc3c(c2c1=O)CCCC3. The van der Waals surface area contributed by atoms with Gasteiger partial charge in [0.05, 0.1) is 11.7 Å². The van der Waals surface area contributed by atoms with Gasteiger partial charge in [-0.05, 0) is 62.6 Å². The number of rotatable bonds is 2. The van der Waals surface area contributed by atoms with Crippen LogP contribution in [-0.4, -0.2) is 21.5 Å². The van der Waals surface area contributed by atoms with Crippen LogP contribution in [-0.2, 0) is 30.6 Å². The third-order valence-corrected chi connectivity index (χ3v) is 7.24. The average Bonchev–Trinajstić information content (AvgIpc) is 3.09. The second kappa shape index (κ2) is 6.85. The van der Waals surface area contributed by atoms with Gasteiger partial charge in [-0.1, -0.05) is 18.2 Å². The number of para-hydroxylation sites is 1. The van der Waals surface area contributed by atoms with Crippen LogP contribution in [0, 0.1) is 0 Å². The molecule has 0 radical (unpaired) electrons. The van der Waals surface area contributed by atoms with E-state index in [1.807, 2.05) is 23.1 Å². The number of thiophene rings is 1. The van der Waals surface area contributed by atoms with Crippen molar-refractivity contribution in [3.05, 3.63) is 57.0 Å². The van der Waals surface area contributed by atoms with E-state index < -0.39 is 0 Å². The number of nitrogens with zero attached hydrogens (tertiary/aromatic N) is 3. The molecule has 3 aromatic rings. The van der Waals surface area contributed by atoms with Crippen molar-refractivity contribution in [3.63, 3.8) is 0 Å². The Balaban J connectivity index is 1.51. The maximum Gasteiger partial charge on any atom is 0.262 e. The minimum absolute atomic E-state index is 0.0328. The fourth-order valence-corrected chi connectivity index (χ4v) is 5.80. The summed E-state index contributed by atoms with van der Waals surface area (Å²) in [7, 11) is 0. The number of carbonyl (C=O) groups is 1. The lowest BCUT2D eigenvalue weighted by molar-refractivity contribution is -0.119. The molecule has 5 rings (SSSR count). The summed E-state index contributed by atoms with van der Waals surface area (Å²) in [4.78, 5) is 34.9. The van der Waals surface area contributed by atoms with Crippen LogP contribution in [0.3, 0.4) is 0 Å². The largest absolute Gasteiger partial charge is 0.308 e. The first-order valence-corrected chi connectivity index (χ1v) is 10.8. The van der Waals surface area contributed by atoms with E-state index in [-0.39, 0.29) is 24.1 Å². The Labute approximate surface area is 167 Å². The molecule has 1 amide bonds. The maximum atomic E-state index is 13.2. The minimum atomic E-state index is -0.0734. The van der Waals surface area contributed by atoms with Crippen LogP contribution < -0.4 is 10.5 Å². The average molecular weight is 394 g/mol. The molecule has 2 aliphatic rings. The highest BCUT2D eigenvalue weighted by molar-refractivity contribution is 7.18. The standard InChI is InChI=1S/C22H23N3O2S/c1-14-10-11-15-6-2-4-8-17(15)25(14)19(26)12-24-13-23-21-20(22(24)27)16-7-3-5-9-18(16)28-21/h2,4,6,8,13-14H,3,5,7,9-12H2,1H3. The van der Waals surface area contributed by atoms with Crippen LogP contribution in [0.2, 0.25) is 0 Å². The predicted molar refractivity (Wildman–Crippen MR) is 112 cm³/mol. The topological polar surface area (TPSA) is 55.2 Å². The maximum absolute atomic E-state index is 13.2. The van der Waals surface area contributed by atoms with Gasteiger partial charge in [-0.15, -0.1) is 11.3 Å². The number of benzene rings is 1. The summed E-state index contributed by atoms with van der Waals surface area (Å²) in [6.07, 6.45) is 7.75. The van der Waals surface area contributed by atoms with Crippen molar-refractivity contribution in [3.8, 4) is 0 Å². The minimum Gasteiger partial charge on any atom is -0.308 e. The van der Waals surface area contributed by atoms with Crippen molar-refractivity contribution < 1.29 is 4.79 Å². The molecule has 5 nitrogen and oxygen atoms in total. The number of amides is 1. The second-order valence-corrected chi connectivity index (χ2v) is 8.93. The van der Waals surface area contributed by atoms with Gasteiger partial charge in [0.25, 0.3) is 5.56 Å². The van der Waals surface area contributed by atoms with Crippen molar-refractivity contribution in [2.75, 3.05) is 4.90 Å². The Hall–Kier alpha value is -2.47. The van der Waals surface area contributed by atoms with Crippen LogP contribution >= 0.6 is 11.3 Å². The van der Waals surface area contributed by atoms with Crippen LogP contribution in [0.4, 0.5) is 5.69 Å². The molecule has 1 aromatic carbocycles. The fraction of sp³-hybridized carbons (Fsp3) is 0.409. The molecule has 0 fully saturated rings. The van der Waals surface area contributed by atoms with Gasteiger partial charge < -0.3 is 4.90 Å². The van der Waals surface area contributed by atoms with Gasteiger partial charge in [-0.25, -0.2) is 4.98 Å². The molecule has 1 aliphatic heterocycles. The first-order valence-electron chi connectivity index (χ1n) is 10.0. The molecule has 0 bridgehead atoms. The number of aromatic nitrogens is 2. The van der Waals surface area contributed by atoms with Crippen LogP contribution in [0.15, 0.2) is 35.4 Å². The zero-order chi connectivity index (χ0) is 19.3. The van der Waals surface area contributed by atoms with Crippen molar-refractivity contribution in [2.45, 2.75) is 58.0 Å². The molecule has 2 aromatic heterocycles. The molecule has 3 heterocycles. The van der Waals surface area contributed by atoms with E-state index in [0.717, 1.165) is 48.0 Å². The molecule has 1 unspecified atom stereocenters. The van der Waals surface area contributed by atoms with Gasteiger partial charge in [0.15, 0.2) is 0 Å². The molecule has 28 heavy (non-hydrogen) atoms. The van der Waals surface area contributed by atoms with E-state index in [4.69, 9.17) is 0 Å². The number of carbonyl (C=O) groups excluding carboxylic acids is 1. The van der Waals surface area contributed by atoms with Crippen LogP contribution in [0.5, 0.6) is 0 Å². The first-order chi connectivity index (χ1) is 13.6. The molecule has 144 valence electrons. The molecule has 1 atom stereocenters. The van der Waals surface area contributed by atoms with E-state index in [2.05, 4.69) is 18.0 Å². The van der Waals surface area contributed by atoms with E-state index in [0.29, 0.717) is 0 Å². The summed E-state index contributed by atoms with van der Waals surface area (Å²) in [5.41, 5.74) is 3.26. The summed E-state index contributed by atoms with van der Waals surface area (Å²) in [5, 5.41) is 0.738. The van der Waals surface area contributed by atoms with Crippen molar-refractivity contribution in [1.82, 2.24) is 9.55 Å². The molecule has 0 saturated heterocycles. The monoisotopic (exact) mass is 393 g/mol. The number of fused-ring (bicyclic) bond motifs is 4. The normalized spacial score (nSPS) is 18.8. The lowest BCUT2D eigenvalue weighted by atomic mass is 9.96. The summed E-state index contributed by atoms with van der Waals surface area (Å²) in [6, 6.07) is 8.19. The quantitative estimate of drug-likeness (QED) is 0.667. The Morgan fingerprint density at radius 2 is 2.04 bits per heavy atom. The van der Waals surface area contributed by atoms with Gasteiger partial charge in [0, 0.05) is 16.6 Å². The summed E-state index contributed by atoms with van der Waals surface area (Å²) in [5.74, 6) is -0.0491. The van der Waals surface area contributed by atoms with Gasteiger partial charge in [-0.3, -0.25) is 14.2 Å². The zero-order valence-corrected chi connectivity index (χ0v) is 16.8. The van der Waals surface area contributed by atoms with Crippen LogP contribution in [0.1, 0.15) is 42.2 Å². The van der Waals surface area contributed by atoms with Gasteiger partial charge >= 0.3 is 0 Å². The molecular weight excluding hydrogens is 370 g/mol. The smallest absolute Gasteiger partial charge is 0.262 e. The number of aryl methyl sites for hydroxylation is 3. The van der Waals surface area contributed by atoms with Crippen LogP contribution in [0.25, 0.3) is 10.2 Å². The van der Waals surface area contributed by atoms with Gasteiger partial charge in [-0.2, -0.15) is 0 Å². The highest BCUT2D eigenvalue weighted by atomic mass is 32.1. The van der Waals surface area contributed by atoms with E-state index in [9.17, 15) is 9.59 Å². The molecular formula is C22H23N3O2S. The summed E-state index contributed by atoms with van der Waals surface area (Å²) < 4.78 is 1.50. The van der Waals surface area contributed by atoms with Gasteiger partial charge in [0.2, 0.25) is 5.91 Å². The van der Waals surface area contributed by atoms with Crippen molar-refractivity contribution >= 4 is 33.1 Å². The summed E-state index contributed by atoms with van der Waals surface area (Å²) in [6.45, 7) is 2.11. The molecule has 0 saturated carbocycles. The Kier molecular flexibility index (Phi) is 4.31. The number of anilines is 1. The Bertz CT molecular complexity index is 1130. The molecule has 6 heteroatoms. The third kappa shape index (κ3) is 2.78. The highest BCUT2D eigenvalue weighted by Gasteiger charge is 2.28. The number of hydrogen-bond donors (Lipinski definition) is 0. The molecule has 0 N–H and O–H groups in total. The van der Waals surface area contributed by atoms with E-state index in [1.165, 1.54) is 27.0 Å². The van der Waals surface area contributed by atoms with Crippen molar-refractivity contribution in [2.24, 2.45) is 0 Å². The summed E-state index contributed by atoms with van der Waals surface area (Å²) >= 11 is 1.64. The number of hydrogen-bond acceptors (Lipinski definition) is 4. The molecule has 1 aliphatic carbocycles. The van der Waals surface area contributed by atoms with Gasteiger partial charge in [0.1, 0.15) is 11.4 Å². The Morgan fingerprint density at radius 3 is 2.93 bits per heavy atom. The van der Waals surface area contributed by atoms with E-state index >= 15 is 0 Å². The molecule has 0 spiro atoms. The first kappa shape index (κ1) is 17.6.